The highest BCUT2D eigenvalue weighted by Crippen LogP contribution is 2.53. The molecule has 1 aliphatic carbocycles. The number of pyridine rings is 1. The van der Waals surface area contributed by atoms with Crippen LogP contribution in [0.5, 0.6) is 0 Å². The monoisotopic (exact) mass is 442 g/mol. The lowest BCUT2D eigenvalue weighted by Crippen LogP contribution is -2.44. The molecule has 1 fully saturated rings. The summed E-state index contributed by atoms with van der Waals surface area (Å²) in [6.45, 7) is 3.23. The maximum atomic E-state index is 11.5. The molecule has 2 aromatic heterocycles. The van der Waals surface area contributed by atoms with E-state index in [2.05, 4.69) is 41.9 Å². The number of aromatic nitrogens is 3. The summed E-state index contributed by atoms with van der Waals surface area (Å²) in [7, 11) is 0. The second-order valence-corrected chi connectivity index (χ2v) is 8.06. The minimum absolute atomic E-state index is 0.231. The van der Waals surface area contributed by atoms with Crippen LogP contribution in [-0.4, -0.2) is 34.1 Å². The minimum atomic E-state index is -0.769. The summed E-state index contributed by atoms with van der Waals surface area (Å²) in [6.07, 6.45) is 2.91. The van der Waals surface area contributed by atoms with Crippen molar-refractivity contribution < 1.29 is 9.53 Å². The molecule has 28 heavy (non-hydrogen) atoms. The highest BCUT2D eigenvalue weighted by atomic mass is 79.9. The van der Waals surface area contributed by atoms with Gasteiger partial charge in [-0.15, -0.1) is 0 Å². The molecular formula is C19H19BrN6O2. The Bertz CT molecular complexity index is 981. The SMILES string of the molecule is Cc1nc(N2CCC3(CC2)Cc2ncccc2[C@H]3OC(N)=O)nc(C#N)c1Br. The molecular weight excluding hydrogens is 424 g/mol. The first-order chi connectivity index (χ1) is 13.4. The van der Waals surface area contributed by atoms with Crippen LogP contribution in [0.4, 0.5) is 10.7 Å². The van der Waals surface area contributed by atoms with E-state index in [1.807, 2.05) is 19.1 Å². The minimum Gasteiger partial charge on any atom is -0.441 e. The van der Waals surface area contributed by atoms with E-state index in [0.717, 1.165) is 36.2 Å². The number of hydrogen-bond donors (Lipinski definition) is 1. The highest BCUT2D eigenvalue weighted by molar-refractivity contribution is 9.10. The molecule has 0 bridgehead atoms. The lowest BCUT2D eigenvalue weighted by atomic mass is 9.74. The number of aryl methyl sites for hydroxylation is 1. The number of hydrogen-bond acceptors (Lipinski definition) is 7. The number of rotatable bonds is 2. The molecule has 0 saturated carbocycles. The van der Waals surface area contributed by atoms with Gasteiger partial charge in [-0.3, -0.25) is 4.98 Å². The number of nitrogens with zero attached hydrogens (tertiary/aromatic N) is 5. The summed E-state index contributed by atoms with van der Waals surface area (Å²) < 4.78 is 6.17. The van der Waals surface area contributed by atoms with Gasteiger partial charge in [-0.1, -0.05) is 6.07 Å². The van der Waals surface area contributed by atoms with Gasteiger partial charge in [0.25, 0.3) is 0 Å². The molecule has 1 saturated heterocycles. The second-order valence-electron chi connectivity index (χ2n) is 7.27. The molecule has 2 aliphatic rings. The van der Waals surface area contributed by atoms with Gasteiger partial charge in [-0.25, -0.2) is 14.8 Å². The van der Waals surface area contributed by atoms with Crippen LogP contribution >= 0.6 is 15.9 Å². The molecule has 144 valence electrons. The first-order valence-electron chi connectivity index (χ1n) is 9.02. The van der Waals surface area contributed by atoms with Crippen molar-refractivity contribution >= 4 is 28.0 Å². The predicted octanol–water partition coefficient (Wildman–Crippen LogP) is 2.79. The van der Waals surface area contributed by atoms with Crippen molar-refractivity contribution in [1.82, 2.24) is 15.0 Å². The Labute approximate surface area is 170 Å². The number of nitrogens with two attached hydrogens (primary N) is 1. The zero-order valence-corrected chi connectivity index (χ0v) is 16.9. The Hall–Kier alpha value is -2.73. The van der Waals surface area contributed by atoms with E-state index in [-0.39, 0.29) is 5.41 Å². The predicted molar refractivity (Wildman–Crippen MR) is 104 cm³/mol. The molecule has 0 unspecified atom stereocenters. The van der Waals surface area contributed by atoms with Crippen LogP contribution in [0.15, 0.2) is 22.8 Å². The van der Waals surface area contributed by atoms with Gasteiger partial charge in [0.1, 0.15) is 12.2 Å². The molecule has 3 heterocycles. The third-order valence-corrected chi connectivity index (χ3v) is 6.62. The highest BCUT2D eigenvalue weighted by Gasteiger charge is 2.50. The number of carbonyl (C=O) groups is 1. The molecule has 0 aromatic carbocycles. The standard InChI is InChI=1S/C19H19BrN6O2/c1-11-15(20)14(10-21)25-18(24-11)26-7-4-19(5-8-26)9-13-12(3-2-6-23-13)16(19)28-17(22)27/h2-3,6,16H,4-5,7-9H2,1H3,(H2,22,27)/t16-/m1/s1. The lowest BCUT2D eigenvalue weighted by molar-refractivity contribution is 0.00401. The van der Waals surface area contributed by atoms with Crippen molar-refractivity contribution in [2.24, 2.45) is 11.1 Å². The first-order valence-corrected chi connectivity index (χ1v) is 9.82. The molecule has 1 atom stereocenters. The molecule has 2 aromatic rings. The fourth-order valence-electron chi connectivity index (χ4n) is 4.25. The van der Waals surface area contributed by atoms with Gasteiger partial charge in [0, 0.05) is 36.0 Å². The van der Waals surface area contributed by atoms with Crippen LogP contribution in [0.25, 0.3) is 0 Å². The number of ether oxygens (including phenoxy) is 1. The van der Waals surface area contributed by atoms with Gasteiger partial charge in [0.05, 0.1) is 10.2 Å². The van der Waals surface area contributed by atoms with Gasteiger partial charge in [-0.05, 0) is 48.2 Å². The Balaban J connectivity index is 1.59. The van der Waals surface area contributed by atoms with Crippen molar-refractivity contribution in [1.29, 1.82) is 5.26 Å². The Kier molecular flexibility index (Phi) is 4.67. The number of fused-ring (bicyclic) bond motifs is 1. The zero-order chi connectivity index (χ0) is 19.9. The van der Waals surface area contributed by atoms with Crippen molar-refractivity contribution in [2.75, 3.05) is 18.0 Å². The molecule has 0 radical (unpaired) electrons. The topological polar surface area (TPSA) is 118 Å². The average molecular weight is 443 g/mol. The Morgan fingerprint density at radius 2 is 2.18 bits per heavy atom. The van der Waals surface area contributed by atoms with E-state index in [0.29, 0.717) is 29.2 Å². The van der Waals surface area contributed by atoms with Gasteiger partial charge in [-0.2, -0.15) is 5.26 Å². The van der Waals surface area contributed by atoms with Crippen LogP contribution < -0.4 is 10.6 Å². The average Bonchev–Trinajstić information content (AvgIpc) is 2.97. The van der Waals surface area contributed by atoms with Crippen LogP contribution in [0.2, 0.25) is 0 Å². The quantitative estimate of drug-likeness (QED) is 0.758. The van der Waals surface area contributed by atoms with E-state index in [1.54, 1.807) is 6.20 Å². The van der Waals surface area contributed by atoms with E-state index in [4.69, 9.17) is 10.5 Å². The number of primary amides is 1. The van der Waals surface area contributed by atoms with Crippen molar-refractivity contribution in [3.8, 4) is 6.07 Å². The van der Waals surface area contributed by atoms with E-state index < -0.39 is 12.2 Å². The van der Waals surface area contributed by atoms with Crippen LogP contribution in [0.1, 0.15) is 41.6 Å². The molecule has 9 heteroatoms. The normalized spacial score (nSPS) is 19.9. The molecule has 8 nitrogen and oxygen atoms in total. The summed E-state index contributed by atoms with van der Waals surface area (Å²) in [5, 5.41) is 9.30. The molecule has 1 aliphatic heterocycles. The Morgan fingerprint density at radius 1 is 1.43 bits per heavy atom. The van der Waals surface area contributed by atoms with E-state index in [1.165, 1.54) is 0 Å². The van der Waals surface area contributed by atoms with Gasteiger partial charge < -0.3 is 15.4 Å². The summed E-state index contributed by atoms with van der Waals surface area (Å²) in [5.74, 6) is 0.549. The molecule has 1 spiro atoms. The summed E-state index contributed by atoms with van der Waals surface area (Å²) in [5.41, 5.74) is 8.09. The van der Waals surface area contributed by atoms with Crippen LogP contribution in [0, 0.1) is 23.7 Å². The van der Waals surface area contributed by atoms with Crippen molar-refractivity contribution in [2.45, 2.75) is 32.3 Å². The molecule has 1 amide bonds. The third-order valence-electron chi connectivity index (χ3n) is 5.67. The first kappa shape index (κ1) is 18.6. The number of carbonyl (C=O) groups excluding carboxylic acids is 1. The fourth-order valence-corrected chi connectivity index (χ4v) is 4.51. The third kappa shape index (κ3) is 3.07. The van der Waals surface area contributed by atoms with Crippen LogP contribution in [0.3, 0.4) is 0 Å². The maximum absolute atomic E-state index is 11.5. The number of nitriles is 1. The number of anilines is 1. The van der Waals surface area contributed by atoms with E-state index >= 15 is 0 Å². The number of amides is 1. The zero-order valence-electron chi connectivity index (χ0n) is 15.4. The summed E-state index contributed by atoms with van der Waals surface area (Å²) >= 11 is 3.36. The number of halogens is 1. The fraction of sp³-hybridized carbons (Fsp3) is 0.421. The van der Waals surface area contributed by atoms with E-state index in [9.17, 15) is 10.1 Å². The van der Waals surface area contributed by atoms with Crippen LogP contribution in [-0.2, 0) is 11.2 Å². The second kappa shape index (κ2) is 7.02. The molecule has 4 rings (SSSR count). The Morgan fingerprint density at radius 3 is 2.86 bits per heavy atom. The summed E-state index contributed by atoms with van der Waals surface area (Å²) in [6, 6.07) is 5.91. The smallest absolute Gasteiger partial charge is 0.405 e. The molecule has 2 N–H and O–H groups in total. The van der Waals surface area contributed by atoms with Gasteiger partial charge in [0.15, 0.2) is 5.69 Å². The van der Waals surface area contributed by atoms with Gasteiger partial charge in [0.2, 0.25) is 5.95 Å². The van der Waals surface area contributed by atoms with Crippen molar-refractivity contribution in [3.05, 3.63) is 45.4 Å². The van der Waals surface area contributed by atoms with Crippen molar-refractivity contribution in [3.63, 3.8) is 0 Å². The maximum Gasteiger partial charge on any atom is 0.405 e. The largest absolute Gasteiger partial charge is 0.441 e. The van der Waals surface area contributed by atoms with Gasteiger partial charge >= 0.3 is 6.09 Å². The summed E-state index contributed by atoms with van der Waals surface area (Å²) in [4.78, 5) is 27.0. The lowest BCUT2D eigenvalue weighted by Gasteiger charge is -2.42. The number of piperidine rings is 1.